The van der Waals surface area contributed by atoms with Crippen molar-refractivity contribution in [1.29, 1.82) is 0 Å². The van der Waals surface area contributed by atoms with Crippen LogP contribution in [0.3, 0.4) is 0 Å². The predicted molar refractivity (Wildman–Crippen MR) is 64.2 cm³/mol. The van der Waals surface area contributed by atoms with Crippen molar-refractivity contribution in [1.82, 2.24) is 0 Å². The molecule has 3 heteroatoms. The van der Waals surface area contributed by atoms with E-state index in [1.807, 2.05) is 13.8 Å². The van der Waals surface area contributed by atoms with Crippen LogP contribution >= 0.6 is 11.6 Å². The van der Waals surface area contributed by atoms with Crippen molar-refractivity contribution in [2.45, 2.75) is 33.1 Å². The van der Waals surface area contributed by atoms with Crippen LogP contribution in [0.25, 0.3) is 0 Å². The van der Waals surface area contributed by atoms with Crippen LogP contribution in [0.5, 0.6) is 0 Å². The van der Waals surface area contributed by atoms with Crippen LogP contribution in [-0.2, 0) is 11.2 Å². The summed E-state index contributed by atoms with van der Waals surface area (Å²) in [6, 6.07) is 4.43. The smallest absolute Gasteiger partial charge is 0.137 e. The lowest BCUT2D eigenvalue weighted by Crippen LogP contribution is -2.08. The monoisotopic (exact) mass is 242 g/mol. The lowest BCUT2D eigenvalue weighted by atomic mass is 9.98. The van der Waals surface area contributed by atoms with Gasteiger partial charge in [-0.2, -0.15) is 0 Å². The highest BCUT2D eigenvalue weighted by molar-refractivity contribution is 6.30. The van der Waals surface area contributed by atoms with E-state index in [0.717, 1.165) is 6.42 Å². The van der Waals surface area contributed by atoms with Gasteiger partial charge in [0.25, 0.3) is 0 Å². The van der Waals surface area contributed by atoms with Gasteiger partial charge >= 0.3 is 0 Å². The molecule has 0 amide bonds. The Morgan fingerprint density at radius 2 is 2.19 bits per heavy atom. The Bertz CT molecular complexity index is 376. The number of benzene rings is 1. The molecule has 0 heterocycles. The number of Topliss-reactive ketones (excluding diaryl/α,β-unsaturated/α-hetero) is 1. The molecule has 0 N–H and O–H groups in total. The number of ketones is 1. The van der Waals surface area contributed by atoms with E-state index in [1.165, 1.54) is 6.07 Å². The van der Waals surface area contributed by atoms with E-state index in [4.69, 9.17) is 11.6 Å². The van der Waals surface area contributed by atoms with Gasteiger partial charge in [0.15, 0.2) is 0 Å². The fourth-order valence-corrected chi connectivity index (χ4v) is 1.64. The first-order chi connectivity index (χ1) is 7.52. The summed E-state index contributed by atoms with van der Waals surface area (Å²) in [4.78, 5) is 11.6. The average Bonchev–Trinajstić information content (AvgIpc) is 2.22. The first-order valence-electron chi connectivity index (χ1n) is 5.48. The lowest BCUT2D eigenvalue weighted by molar-refractivity contribution is -0.119. The summed E-state index contributed by atoms with van der Waals surface area (Å²) in [6.45, 7) is 4.07. The molecule has 0 radical (unpaired) electrons. The van der Waals surface area contributed by atoms with Crippen LogP contribution in [0.4, 0.5) is 4.39 Å². The van der Waals surface area contributed by atoms with Gasteiger partial charge in [0, 0.05) is 17.9 Å². The molecule has 0 spiro atoms. The zero-order valence-electron chi connectivity index (χ0n) is 9.59. The molecule has 0 bridgehead atoms. The Hall–Kier alpha value is -0.890. The van der Waals surface area contributed by atoms with Gasteiger partial charge in [-0.05, 0) is 23.6 Å². The van der Waals surface area contributed by atoms with E-state index in [2.05, 4.69) is 0 Å². The molecule has 1 unspecified atom stereocenters. The van der Waals surface area contributed by atoms with Crippen molar-refractivity contribution >= 4 is 17.4 Å². The van der Waals surface area contributed by atoms with Gasteiger partial charge in [-0.25, -0.2) is 4.39 Å². The topological polar surface area (TPSA) is 17.1 Å². The summed E-state index contributed by atoms with van der Waals surface area (Å²) >= 11 is 5.64. The molecule has 1 aromatic rings. The van der Waals surface area contributed by atoms with Crippen molar-refractivity contribution < 1.29 is 9.18 Å². The quantitative estimate of drug-likeness (QED) is 0.762. The molecule has 0 aliphatic heterocycles. The van der Waals surface area contributed by atoms with Crippen molar-refractivity contribution in [3.05, 3.63) is 34.6 Å². The Morgan fingerprint density at radius 3 is 2.75 bits per heavy atom. The second-order valence-electron chi connectivity index (χ2n) is 4.17. The zero-order valence-corrected chi connectivity index (χ0v) is 10.4. The van der Waals surface area contributed by atoms with Gasteiger partial charge in [-0.15, -0.1) is 0 Å². The van der Waals surface area contributed by atoms with Gasteiger partial charge in [-0.3, -0.25) is 4.79 Å². The van der Waals surface area contributed by atoms with Crippen molar-refractivity contribution in [2.24, 2.45) is 5.92 Å². The number of carbonyl (C=O) groups is 1. The Morgan fingerprint density at radius 1 is 1.50 bits per heavy atom. The van der Waals surface area contributed by atoms with Gasteiger partial charge in [-0.1, -0.05) is 37.9 Å². The van der Waals surface area contributed by atoms with Crippen LogP contribution in [0.15, 0.2) is 18.2 Å². The van der Waals surface area contributed by atoms with E-state index in [1.54, 1.807) is 12.1 Å². The third kappa shape index (κ3) is 3.93. The molecule has 1 rings (SSSR count). The zero-order chi connectivity index (χ0) is 12.1. The second-order valence-corrected chi connectivity index (χ2v) is 4.61. The first-order valence-corrected chi connectivity index (χ1v) is 5.86. The fourth-order valence-electron chi connectivity index (χ4n) is 1.48. The summed E-state index contributed by atoms with van der Waals surface area (Å²) in [5, 5.41) is 0.357. The van der Waals surface area contributed by atoms with Crippen LogP contribution in [0.1, 0.15) is 32.3 Å². The van der Waals surface area contributed by atoms with E-state index in [-0.39, 0.29) is 12.2 Å². The molecule has 0 saturated heterocycles. The summed E-state index contributed by atoms with van der Waals surface area (Å²) in [5.41, 5.74) is 0.428. The van der Waals surface area contributed by atoms with Crippen molar-refractivity contribution in [3.8, 4) is 0 Å². The number of halogens is 2. The largest absolute Gasteiger partial charge is 0.299 e. The van der Waals surface area contributed by atoms with Crippen LogP contribution < -0.4 is 0 Å². The summed E-state index contributed by atoms with van der Waals surface area (Å²) < 4.78 is 13.4. The number of rotatable bonds is 5. The van der Waals surface area contributed by atoms with Crippen LogP contribution in [0, 0.1) is 11.7 Å². The molecule has 0 aromatic heterocycles. The minimum absolute atomic E-state index is 0.0792. The summed E-state index contributed by atoms with van der Waals surface area (Å²) in [7, 11) is 0. The third-order valence-electron chi connectivity index (χ3n) is 2.68. The SMILES string of the molecule is CCC(C)CC(=O)Cc1ccc(Cl)cc1F. The molecular formula is C13H16ClFO. The molecular weight excluding hydrogens is 227 g/mol. The summed E-state index contributed by atoms with van der Waals surface area (Å²) in [5.74, 6) is 0.0448. The maximum atomic E-state index is 13.4. The average molecular weight is 243 g/mol. The van der Waals surface area contributed by atoms with Gasteiger partial charge in [0.1, 0.15) is 11.6 Å². The predicted octanol–water partition coefficient (Wildman–Crippen LogP) is 4.03. The van der Waals surface area contributed by atoms with Crippen molar-refractivity contribution in [3.63, 3.8) is 0 Å². The Kier molecular flexibility index (Phi) is 4.94. The highest BCUT2D eigenvalue weighted by Gasteiger charge is 2.11. The Balaban J connectivity index is 2.63. The molecule has 88 valence electrons. The fraction of sp³-hybridized carbons (Fsp3) is 0.462. The van der Waals surface area contributed by atoms with Crippen molar-refractivity contribution in [2.75, 3.05) is 0 Å². The van der Waals surface area contributed by atoms with E-state index in [9.17, 15) is 9.18 Å². The van der Waals surface area contributed by atoms with Gasteiger partial charge in [0.05, 0.1) is 0 Å². The highest BCUT2D eigenvalue weighted by atomic mass is 35.5. The molecule has 1 nitrogen and oxygen atoms in total. The minimum Gasteiger partial charge on any atom is -0.299 e. The van der Waals surface area contributed by atoms with Gasteiger partial charge < -0.3 is 0 Å². The molecule has 0 aliphatic rings. The normalized spacial score (nSPS) is 12.5. The summed E-state index contributed by atoms with van der Waals surface area (Å²) in [6.07, 6.45) is 1.64. The van der Waals surface area contributed by atoms with Crippen LogP contribution in [-0.4, -0.2) is 5.78 Å². The molecule has 16 heavy (non-hydrogen) atoms. The van der Waals surface area contributed by atoms with E-state index < -0.39 is 5.82 Å². The molecule has 0 aliphatic carbocycles. The maximum Gasteiger partial charge on any atom is 0.137 e. The lowest BCUT2D eigenvalue weighted by Gasteiger charge is -2.07. The molecule has 1 aromatic carbocycles. The Labute approximate surface area is 101 Å². The molecule has 1 atom stereocenters. The molecule has 0 fully saturated rings. The number of hydrogen-bond acceptors (Lipinski definition) is 1. The van der Waals surface area contributed by atoms with E-state index in [0.29, 0.717) is 22.9 Å². The number of hydrogen-bond donors (Lipinski definition) is 0. The number of carbonyl (C=O) groups excluding carboxylic acids is 1. The second kappa shape index (κ2) is 6.00. The maximum absolute atomic E-state index is 13.4. The van der Waals surface area contributed by atoms with Gasteiger partial charge in [0.2, 0.25) is 0 Å². The third-order valence-corrected chi connectivity index (χ3v) is 2.91. The minimum atomic E-state index is -0.398. The van der Waals surface area contributed by atoms with Crippen LogP contribution in [0.2, 0.25) is 5.02 Å². The van der Waals surface area contributed by atoms with E-state index >= 15 is 0 Å². The molecule has 0 saturated carbocycles. The first kappa shape index (κ1) is 13.2. The standard InChI is InChI=1S/C13H16ClFO/c1-3-9(2)6-12(16)7-10-4-5-11(14)8-13(10)15/h4-5,8-9H,3,6-7H2,1-2H3. The highest BCUT2D eigenvalue weighted by Crippen LogP contribution is 2.17.